The van der Waals surface area contributed by atoms with Gasteiger partial charge in [0.25, 0.3) is 0 Å². The Labute approximate surface area is 77.1 Å². The van der Waals surface area contributed by atoms with Crippen LogP contribution in [0.25, 0.3) is 0 Å². The molecule has 0 spiro atoms. The second kappa shape index (κ2) is 3.96. The molecule has 11 heavy (non-hydrogen) atoms. The minimum Gasteiger partial charge on any atom is -0.341 e. The summed E-state index contributed by atoms with van der Waals surface area (Å²) in [7, 11) is 0. The summed E-state index contributed by atoms with van der Waals surface area (Å²) in [6.45, 7) is 0.757. The molecule has 1 aliphatic heterocycles. The maximum absolute atomic E-state index is 5.54. The highest BCUT2D eigenvalue weighted by Gasteiger charge is 2.26. The van der Waals surface area contributed by atoms with Gasteiger partial charge >= 0.3 is 0 Å². The molecule has 0 aromatic carbocycles. The van der Waals surface area contributed by atoms with Crippen molar-refractivity contribution in [1.82, 2.24) is 0 Å². The van der Waals surface area contributed by atoms with E-state index in [0.717, 1.165) is 19.2 Å². The van der Waals surface area contributed by atoms with E-state index in [4.69, 9.17) is 22.8 Å². The van der Waals surface area contributed by atoms with Crippen LogP contribution in [-0.4, -0.2) is 19.0 Å². The Morgan fingerprint density at radius 1 is 1.82 bits per heavy atom. The summed E-state index contributed by atoms with van der Waals surface area (Å²) in [5.74, 6) is 3.12. The normalized spacial score (nSPS) is 38.0. The third-order valence-electron chi connectivity index (χ3n) is 1.71. The third kappa shape index (κ3) is 2.49. The average molecular weight is 206 g/mol. The third-order valence-corrected chi connectivity index (χ3v) is 8.27. The first-order chi connectivity index (χ1) is 5.20. The van der Waals surface area contributed by atoms with E-state index in [1.165, 1.54) is 0 Å². The Morgan fingerprint density at radius 3 is 3.09 bits per heavy atom. The molecule has 62 valence electrons. The lowest BCUT2D eigenvalue weighted by atomic mass is 10.1. The van der Waals surface area contributed by atoms with Crippen molar-refractivity contribution in [3.63, 3.8) is 0 Å². The fraction of sp³-hybridized carbons (Fsp3) is 0.714. The summed E-state index contributed by atoms with van der Waals surface area (Å²) in [4.78, 5) is 0. The van der Waals surface area contributed by atoms with Gasteiger partial charge in [-0.15, -0.1) is 23.7 Å². The minimum absolute atomic E-state index is 0.363. The zero-order valence-electron chi connectivity index (χ0n) is 6.45. The zero-order valence-corrected chi connectivity index (χ0v) is 8.98. The van der Waals surface area contributed by atoms with Crippen LogP contribution in [0, 0.1) is 18.3 Å². The fourth-order valence-corrected chi connectivity index (χ4v) is 4.87. The molecule has 1 rings (SSSR count). The topological polar surface area (TPSA) is 9.23 Å². The van der Waals surface area contributed by atoms with Crippen LogP contribution in [0.4, 0.5) is 0 Å². The van der Waals surface area contributed by atoms with Crippen LogP contribution in [0.1, 0.15) is 6.42 Å². The van der Waals surface area contributed by atoms with Gasteiger partial charge in [0, 0.05) is 12.1 Å². The second-order valence-corrected chi connectivity index (χ2v) is 10.00. The second-order valence-electron chi connectivity index (χ2n) is 2.46. The van der Waals surface area contributed by atoms with Crippen LogP contribution in [0.5, 0.6) is 0 Å². The zero-order chi connectivity index (χ0) is 8.32. The predicted octanol–water partition coefficient (Wildman–Crippen LogP) is 2.33. The van der Waals surface area contributed by atoms with Crippen molar-refractivity contribution >= 4 is 28.7 Å². The van der Waals surface area contributed by atoms with Crippen molar-refractivity contribution in [1.29, 1.82) is 0 Å². The molecule has 0 aliphatic carbocycles. The van der Waals surface area contributed by atoms with E-state index in [2.05, 4.69) is 5.92 Å². The van der Waals surface area contributed by atoms with Crippen LogP contribution in [-0.2, 0) is 16.3 Å². The van der Waals surface area contributed by atoms with E-state index < -0.39 is 5.47 Å². The van der Waals surface area contributed by atoms with E-state index in [1.807, 2.05) is 6.26 Å². The van der Waals surface area contributed by atoms with E-state index in [0.29, 0.717) is 5.92 Å². The maximum atomic E-state index is 5.54. The van der Waals surface area contributed by atoms with Crippen LogP contribution in [0.3, 0.4) is 0 Å². The van der Waals surface area contributed by atoms with Crippen molar-refractivity contribution in [3.8, 4) is 12.3 Å². The SMILES string of the molecule is C#CC1CCOP(=S)(SC)C1. The van der Waals surface area contributed by atoms with Crippen molar-refractivity contribution in [2.45, 2.75) is 6.42 Å². The van der Waals surface area contributed by atoms with Gasteiger partial charge in [-0.1, -0.05) is 11.8 Å². The van der Waals surface area contributed by atoms with Crippen molar-refractivity contribution in [2.75, 3.05) is 19.0 Å². The Morgan fingerprint density at radius 2 is 2.55 bits per heavy atom. The Balaban J connectivity index is 2.61. The predicted molar refractivity (Wildman–Crippen MR) is 55.6 cm³/mol. The van der Waals surface area contributed by atoms with Gasteiger partial charge in [-0.05, 0) is 12.7 Å². The highest BCUT2D eigenvalue weighted by molar-refractivity contribution is 8.69. The molecule has 1 heterocycles. The van der Waals surface area contributed by atoms with Gasteiger partial charge < -0.3 is 4.52 Å². The molecular formula is C7H11OPS2. The van der Waals surface area contributed by atoms with Gasteiger partial charge in [-0.3, -0.25) is 0 Å². The highest BCUT2D eigenvalue weighted by Crippen LogP contribution is 2.61. The molecular weight excluding hydrogens is 195 g/mol. The summed E-state index contributed by atoms with van der Waals surface area (Å²) in [5.41, 5.74) is -1.56. The van der Waals surface area contributed by atoms with Gasteiger partial charge in [0.1, 0.15) is 5.47 Å². The van der Waals surface area contributed by atoms with Crippen molar-refractivity contribution in [2.24, 2.45) is 5.92 Å². The molecule has 0 aromatic rings. The summed E-state index contributed by atoms with van der Waals surface area (Å²) in [6.07, 6.45) is 9.25. The summed E-state index contributed by atoms with van der Waals surface area (Å²) in [5, 5.41) is 0. The molecule has 1 nitrogen and oxygen atoms in total. The van der Waals surface area contributed by atoms with Crippen LogP contribution < -0.4 is 0 Å². The lowest BCUT2D eigenvalue weighted by Crippen LogP contribution is -2.13. The van der Waals surface area contributed by atoms with E-state index in [9.17, 15) is 0 Å². The fourth-order valence-electron chi connectivity index (χ4n) is 1.01. The van der Waals surface area contributed by atoms with Crippen LogP contribution >= 0.6 is 16.8 Å². The molecule has 0 N–H and O–H groups in total. The standard InChI is InChI=1S/C7H11OPS2/c1-3-7-4-5-8-9(10,6-7)11-2/h1,7H,4-6H2,2H3. The quantitative estimate of drug-likeness (QED) is 0.481. The molecule has 0 radical (unpaired) electrons. The molecule has 4 heteroatoms. The largest absolute Gasteiger partial charge is 0.341 e. The van der Waals surface area contributed by atoms with E-state index >= 15 is 0 Å². The number of rotatable bonds is 1. The Kier molecular flexibility index (Phi) is 3.46. The van der Waals surface area contributed by atoms with Crippen molar-refractivity contribution in [3.05, 3.63) is 0 Å². The Hall–Kier alpha value is 0.520. The lowest BCUT2D eigenvalue weighted by molar-refractivity contribution is 0.310. The van der Waals surface area contributed by atoms with Crippen molar-refractivity contribution < 1.29 is 4.52 Å². The summed E-state index contributed by atoms with van der Waals surface area (Å²) < 4.78 is 5.54. The maximum Gasteiger partial charge on any atom is 0.120 e. The molecule has 1 saturated heterocycles. The number of hydrogen-bond donors (Lipinski definition) is 0. The smallest absolute Gasteiger partial charge is 0.120 e. The molecule has 0 bridgehead atoms. The van der Waals surface area contributed by atoms with Crippen LogP contribution in [0.2, 0.25) is 0 Å². The monoisotopic (exact) mass is 206 g/mol. The summed E-state index contributed by atoms with van der Waals surface area (Å²) >= 11 is 7.03. The van der Waals surface area contributed by atoms with Gasteiger partial charge in [0.05, 0.1) is 6.61 Å². The number of hydrogen-bond acceptors (Lipinski definition) is 3. The first-order valence-corrected chi connectivity index (χ1v) is 8.19. The molecule has 0 amide bonds. The molecule has 2 atom stereocenters. The van der Waals surface area contributed by atoms with E-state index in [-0.39, 0.29) is 0 Å². The summed E-state index contributed by atoms with van der Waals surface area (Å²) in [6, 6.07) is 0. The number of terminal acetylenes is 1. The molecule has 2 unspecified atom stereocenters. The van der Waals surface area contributed by atoms with Crippen LogP contribution in [0.15, 0.2) is 0 Å². The molecule has 0 saturated carbocycles. The van der Waals surface area contributed by atoms with Gasteiger partial charge in [0.15, 0.2) is 0 Å². The first-order valence-electron chi connectivity index (χ1n) is 3.45. The average Bonchev–Trinajstić information content (AvgIpc) is 2.05. The molecule has 1 fully saturated rings. The highest BCUT2D eigenvalue weighted by atomic mass is 32.9. The lowest BCUT2D eigenvalue weighted by Gasteiger charge is -2.28. The van der Waals surface area contributed by atoms with Gasteiger partial charge in [-0.25, -0.2) is 0 Å². The van der Waals surface area contributed by atoms with Gasteiger partial charge in [-0.2, -0.15) is 0 Å². The molecule has 1 aliphatic rings. The Bertz CT molecular complexity index is 221. The van der Waals surface area contributed by atoms with E-state index in [1.54, 1.807) is 11.4 Å². The minimum atomic E-state index is -1.56. The first kappa shape index (κ1) is 9.61. The van der Waals surface area contributed by atoms with Gasteiger partial charge in [0.2, 0.25) is 0 Å². The molecule has 0 aromatic heterocycles.